The molecule has 0 atom stereocenters. The number of terminal acetylenes is 1. The van der Waals surface area contributed by atoms with Crippen LogP contribution in [0.2, 0.25) is 0 Å². The van der Waals surface area contributed by atoms with Crippen molar-refractivity contribution in [1.29, 1.82) is 0 Å². The largest absolute Gasteiger partial charge is 0.481 e. The summed E-state index contributed by atoms with van der Waals surface area (Å²) in [4.78, 5) is 16.2. The molecule has 3 rings (SSSR count). The lowest BCUT2D eigenvalue weighted by molar-refractivity contribution is -0.121. The van der Waals surface area contributed by atoms with Crippen LogP contribution in [0.3, 0.4) is 0 Å². The summed E-state index contributed by atoms with van der Waals surface area (Å²) in [6.07, 6.45) is 8.13. The molecule has 6 heteroatoms. The number of halogens is 1. The van der Waals surface area contributed by atoms with Gasteiger partial charge in [-0.05, 0) is 48.4 Å². The van der Waals surface area contributed by atoms with E-state index >= 15 is 0 Å². The molecule has 0 unspecified atom stereocenters. The van der Waals surface area contributed by atoms with Crippen LogP contribution in [0.1, 0.15) is 17.9 Å². The van der Waals surface area contributed by atoms with Crippen LogP contribution in [0.15, 0.2) is 59.1 Å². The average molecular weight is 392 g/mol. The molecule has 0 aliphatic rings. The van der Waals surface area contributed by atoms with E-state index in [1.54, 1.807) is 18.3 Å². The summed E-state index contributed by atoms with van der Waals surface area (Å²) in [6, 6.07) is 13.6. The number of oxazole rings is 1. The zero-order valence-electron chi connectivity index (χ0n) is 15.9. The lowest BCUT2D eigenvalue weighted by Gasteiger charge is -2.06. The minimum atomic E-state index is -0.307. The van der Waals surface area contributed by atoms with E-state index in [0.717, 1.165) is 23.3 Å². The van der Waals surface area contributed by atoms with Crippen molar-refractivity contribution in [3.63, 3.8) is 0 Å². The van der Waals surface area contributed by atoms with E-state index in [1.807, 2.05) is 24.3 Å². The zero-order valence-corrected chi connectivity index (χ0v) is 15.9. The number of nitrogens with zero attached hydrogens (tertiary/aromatic N) is 1. The Labute approximate surface area is 168 Å². The Balaban J connectivity index is 1.39. The Morgan fingerprint density at radius 1 is 1.14 bits per heavy atom. The highest BCUT2D eigenvalue weighted by Gasteiger charge is 2.09. The van der Waals surface area contributed by atoms with Crippen molar-refractivity contribution >= 4 is 5.91 Å². The first-order valence-corrected chi connectivity index (χ1v) is 9.26. The van der Waals surface area contributed by atoms with E-state index in [9.17, 15) is 9.18 Å². The number of benzene rings is 2. The standard InChI is InChI=1S/C23H21FN2O3/c1-2-15-28-20-9-3-17(4-10-20)13-14-25-22(27)11-12-23-26-16-21(29-23)18-5-7-19(24)8-6-18/h1,3-10,16H,11-15H2,(H,25,27). The van der Waals surface area contributed by atoms with Crippen LogP contribution in [0.25, 0.3) is 11.3 Å². The van der Waals surface area contributed by atoms with E-state index in [-0.39, 0.29) is 24.8 Å². The molecule has 1 N–H and O–H groups in total. The van der Waals surface area contributed by atoms with Crippen LogP contribution in [0.4, 0.5) is 4.39 Å². The van der Waals surface area contributed by atoms with E-state index in [1.165, 1.54) is 12.1 Å². The summed E-state index contributed by atoms with van der Waals surface area (Å²) in [5.74, 6) is 3.79. The van der Waals surface area contributed by atoms with Gasteiger partial charge in [0.05, 0.1) is 6.20 Å². The first-order valence-electron chi connectivity index (χ1n) is 9.26. The summed E-state index contributed by atoms with van der Waals surface area (Å²) in [5, 5.41) is 2.89. The Morgan fingerprint density at radius 2 is 1.90 bits per heavy atom. The van der Waals surface area contributed by atoms with Crippen molar-refractivity contribution in [2.45, 2.75) is 19.3 Å². The molecule has 3 aromatic rings. The van der Waals surface area contributed by atoms with E-state index in [0.29, 0.717) is 24.6 Å². The summed E-state index contributed by atoms with van der Waals surface area (Å²) in [5.41, 5.74) is 1.83. The summed E-state index contributed by atoms with van der Waals surface area (Å²) in [7, 11) is 0. The molecule has 0 fully saturated rings. The molecular formula is C23H21FN2O3. The van der Waals surface area contributed by atoms with Gasteiger partial charge in [0.2, 0.25) is 5.91 Å². The second kappa shape index (κ2) is 10.1. The van der Waals surface area contributed by atoms with Gasteiger partial charge in [0.15, 0.2) is 11.7 Å². The minimum Gasteiger partial charge on any atom is -0.481 e. The predicted octanol–water partition coefficient (Wildman–Crippen LogP) is 3.78. The first-order chi connectivity index (χ1) is 14.1. The van der Waals surface area contributed by atoms with Crippen molar-refractivity contribution < 1.29 is 18.3 Å². The van der Waals surface area contributed by atoms with Crippen LogP contribution in [0, 0.1) is 18.2 Å². The summed E-state index contributed by atoms with van der Waals surface area (Å²) in [6.45, 7) is 0.779. The van der Waals surface area contributed by atoms with Crippen LogP contribution < -0.4 is 10.1 Å². The topological polar surface area (TPSA) is 64.4 Å². The van der Waals surface area contributed by atoms with Crippen LogP contribution >= 0.6 is 0 Å². The number of ether oxygens (including phenoxy) is 1. The maximum atomic E-state index is 13.0. The molecule has 1 amide bonds. The molecule has 148 valence electrons. The lowest BCUT2D eigenvalue weighted by Crippen LogP contribution is -2.25. The van der Waals surface area contributed by atoms with E-state index in [2.05, 4.69) is 16.2 Å². The number of amides is 1. The summed E-state index contributed by atoms with van der Waals surface area (Å²) >= 11 is 0. The third-order valence-electron chi connectivity index (χ3n) is 4.23. The number of carbonyl (C=O) groups excluding carboxylic acids is 1. The van der Waals surface area contributed by atoms with Crippen molar-refractivity contribution in [2.24, 2.45) is 0 Å². The number of carbonyl (C=O) groups is 1. The van der Waals surface area contributed by atoms with Gasteiger partial charge in [0.25, 0.3) is 0 Å². The minimum absolute atomic E-state index is 0.0690. The zero-order chi connectivity index (χ0) is 20.5. The van der Waals surface area contributed by atoms with Gasteiger partial charge in [-0.25, -0.2) is 9.37 Å². The van der Waals surface area contributed by atoms with Gasteiger partial charge in [-0.3, -0.25) is 4.79 Å². The fourth-order valence-electron chi connectivity index (χ4n) is 2.71. The molecule has 1 heterocycles. The first kappa shape index (κ1) is 20.2. The number of aryl methyl sites for hydroxylation is 1. The molecule has 29 heavy (non-hydrogen) atoms. The summed E-state index contributed by atoms with van der Waals surface area (Å²) < 4.78 is 23.9. The normalized spacial score (nSPS) is 10.3. The number of rotatable bonds is 9. The lowest BCUT2D eigenvalue weighted by atomic mass is 10.1. The Bertz CT molecular complexity index is 973. The van der Waals surface area contributed by atoms with Crippen molar-refractivity contribution in [1.82, 2.24) is 10.3 Å². The Morgan fingerprint density at radius 3 is 2.62 bits per heavy atom. The average Bonchev–Trinajstić information content (AvgIpc) is 3.21. The third kappa shape index (κ3) is 6.22. The fourth-order valence-corrected chi connectivity index (χ4v) is 2.71. The number of hydrogen-bond donors (Lipinski definition) is 1. The predicted molar refractivity (Wildman–Crippen MR) is 108 cm³/mol. The smallest absolute Gasteiger partial charge is 0.220 e. The van der Waals surface area contributed by atoms with Gasteiger partial charge >= 0.3 is 0 Å². The van der Waals surface area contributed by atoms with Gasteiger partial charge in [-0.1, -0.05) is 18.1 Å². The molecule has 1 aromatic heterocycles. The molecule has 0 spiro atoms. The molecule has 0 saturated carbocycles. The number of nitrogens with one attached hydrogen (secondary N) is 1. The number of hydrogen-bond acceptors (Lipinski definition) is 4. The molecule has 2 aromatic carbocycles. The fraction of sp³-hybridized carbons (Fsp3) is 0.217. The van der Waals surface area contributed by atoms with Crippen LogP contribution in [0.5, 0.6) is 5.75 Å². The highest BCUT2D eigenvalue weighted by atomic mass is 19.1. The van der Waals surface area contributed by atoms with Gasteiger partial charge in [0.1, 0.15) is 18.2 Å². The monoisotopic (exact) mass is 392 g/mol. The van der Waals surface area contributed by atoms with Crippen LogP contribution in [-0.2, 0) is 17.6 Å². The maximum Gasteiger partial charge on any atom is 0.220 e. The Hall–Kier alpha value is -3.59. The van der Waals surface area contributed by atoms with Crippen molar-refractivity contribution in [3.05, 3.63) is 72.0 Å². The van der Waals surface area contributed by atoms with Gasteiger partial charge in [-0.15, -0.1) is 6.42 Å². The molecule has 0 radical (unpaired) electrons. The third-order valence-corrected chi connectivity index (χ3v) is 4.23. The maximum absolute atomic E-state index is 13.0. The second-order valence-electron chi connectivity index (χ2n) is 6.36. The van der Waals surface area contributed by atoms with Crippen LogP contribution in [-0.4, -0.2) is 24.0 Å². The highest BCUT2D eigenvalue weighted by molar-refractivity contribution is 5.76. The molecule has 0 bridgehead atoms. The second-order valence-corrected chi connectivity index (χ2v) is 6.36. The quantitative estimate of drug-likeness (QED) is 0.563. The van der Waals surface area contributed by atoms with Gasteiger partial charge in [0, 0.05) is 24.9 Å². The van der Waals surface area contributed by atoms with Crippen molar-refractivity contribution in [3.8, 4) is 29.4 Å². The number of aromatic nitrogens is 1. The Kier molecular flexibility index (Phi) is 7.01. The van der Waals surface area contributed by atoms with Gasteiger partial charge < -0.3 is 14.5 Å². The van der Waals surface area contributed by atoms with Gasteiger partial charge in [-0.2, -0.15) is 0 Å². The molecule has 0 aliphatic heterocycles. The van der Waals surface area contributed by atoms with Crippen molar-refractivity contribution in [2.75, 3.05) is 13.2 Å². The highest BCUT2D eigenvalue weighted by Crippen LogP contribution is 2.21. The molecular weight excluding hydrogens is 371 g/mol. The SMILES string of the molecule is C#CCOc1ccc(CCNC(=O)CCc2ncc(-c3ccc(F)cc3)o2)cc1. The van der Waals surface area contributed by atoms with E-state index < -0.39 is 0 Å². The molecule has 0 aliphatic carbocycles. The van der Waals surface area contributed by atoms with E-state index in [4.69, 9.17) is 15.6 Å². The molecule has 0 saturated heterocycles. The molecule has 5 nitrogen and oxygen atoms in total.